The summed E-state index contributed by atoms with van der Waals surface area (Å²) in [6, 6.07) is 0.398. The average molecular weight is 334 g/mol. The molecule has 0 aromatic carbocycles. The third-order valence-corrected chi connectivity index (χ3v) is 5.74. The van der Waals surface area contributed by atoms with Gasteiger partial charge in [0.05, 0.1) is 17.5 Å². The first-order valence-corrected chi connectivity index (χ1v) is 9.02. The Bertz CT molecular complexity index is 663. The minimum atomic E-state index is -0.0273. The highest BCUT2D eigenvalue weighted by molar-refractivity contribution is 7.13. The fraction of sp³-hybridized carbons (Fsp3) is 0.625. The number of ether oxygens (including phenoxy) is 2. The summed E-state index contributed by atoms with van der Waals surface area (Å²) < 4.78 is 13.4. The first kappa shape index (κ1) is 15.3. The highest BCUT2D eigenvalue weighted by Gasteiger charge is 2.45. The zero-order valence-corrected chi connectivity index (χ0v) is 14.1. The fourth-order valence-electron chi connectivity index (χ4n) is 3.52. The zero-order chi connectivity index (χ0) is 15.7. The largest absolute Gasteiger partial charge is 0.381 e. The molecule has 1 N–H and O–H groups in total. The predicted molar refractivity (Wildman–Crippen MR) is 88.3 cm³/mol. The van der Waals surface area contributed by atoms with Gasteiger partial charge in [0.1, 0.15) is 5.01 Å². The van der Waals surface area contributed by atoms with Crippen LogP contribution in [0.25, 0.3) is 10.6 Å². The summed E-state index contributed by atoms with van der Waals surface area (Å²) in [5, 5.41) is 11.0. The molecule has 2 aromatic rings. The molecule has 4 rings (SSSR count). The van der Waals surface area contributed by atoms with Gasteiger partial charge in [-0.2, -0.15) is 5.10 Å². The lowest BCUT2D eigenvalue weighted by Gasteiger charge is -2.38. The van der Waals surface area contributed by atoms with Crippen molar-refractivity contribution in [3.05, 3.63) is 23.5 Å². The van der Waals surface area contributed by atoms with E-state index in [1.165, 1.54) is 0 Å². The monoisotopic (exact) mass is 334 g/mol. The van der Waals surface area contributed by atoms with Crippen LogP contribution < -0.4 is 5.32 Å². The molecule has 0 amide bonds. The second kappa shape index (κ2) is 6.32. The molecule has 0 radical (unpaired) electrons. The third kappa shape index (κ3) is 3.06. The van der Waals surface area contributed by atoms with Gasteiger partial charge in [-0.1, -0.05) is 0 Å². The van der Waals surface area contributed by atoms with Crippen LogP contribution in [0, 0.1) is 0 Å². The van der Waals surface area contributed by atoms with E-state index in [0.717, 1.165) is 61.9 Å². The molecule has 124 valence electrons. The smallest absolute Gasteiger partial charge is 0.126 e. The van der Waals surface area contributed by atoms with Gasteiger partial charge in [0.25, 0.3) is 0 Å². The molecule has 23 heavy (non-hydrogen) atoms. The summed E-state index contributed by atoms with van der Waals surface area (Å²) in [6.07, 6.45) is 6.90. The maximum atomic E-state index is 6.09. The van der Waals surface area contributed by atoms with Crippen LogP contribution in [-0.2, 0) is 23.1 Å². The van der Waals surface area contributed by atoms with Gasteiger partial charge >= 0.3 is 0 Å². The van der Waals surface area contributed by atoms with Crippen LogP contribution in [-0.4, -0.2) is 46.2 Å². The summed E-state index contributed by atoms with van der Waals surface area (Å²) in [5.74, 6) is 0. The summed E-state index contributed by atoms with van der Waals surface area (Å²) in [7, 11) is 1.92. The number of rotatable bonds is 4. The van der Waals surface area contributed by atoms with Crippen molar-refractivity contribution in [3.8, 4) is 10.6 Å². The highest BCUT2D eigenvalue weighted by Crippen LogP contribution is 2.35. The van der Waals surface area contributed by atoms with E-state index < -0.39 is 0 Å². The Kier molecular flexibility index (Phi) is 4.19. The van der Waals surface area contributed by atoms with E-state index in [-0.39, 0.29) is 5.60 Å². The normalized spacial score (nSPS) is 23.6. The predicted octanol–water partition coefficient (Wildman–Crippen LogP) is 1.97. The van der Waals surface area contributed by atoms with Gasteiger partial charge in [0.15, 0.2) is 0 Å². The summed E-state index contributed by atoms with van der Waals surface area (Å²) in [6.45, 7) is 3.24. The molecule has 0 bridgehead atoms. The Balaban J connectivity index is 1.40. The van der Waals surface area contributed by atoms with Gasteiger partial charge in [-0.3, -0.25) is 4.68 Å². The van der Waals surface area contributed by atoms with Crippen LogP contribution in [0.3, 0.4) is 0 Å². The van der Waals surface area contributed by atoms with Crippen molar-refractivity contribution < 1.29 is 9.47 Å². The first-order chi connectivity index (χ1) is 11.3. The molecule has 6 nitrogen and oxygen atoms in total. The lowest BCUT2D eigenvalue weighted by Crippen LogP contribution is -2.50. The van der Waals surface area contributed by atoms with Gasteiger partial charge in [0.2, 0.25) is 0 Å². The molecular formula is C16H22N4O2S. The number of nitrogens with one attached hydrogen (secondary N) is 1. The molecule has 1 spiro atoms. The molecule has 2 fully saturated rings. The topological polar surface area (TPSA) is 61.2 Å². The Morgan fingerprint density at radius 1 is 1.39 bits per heavy atom. The number of thiazole rings is 1. The van der Waals surface area contributed by atoms with Gasteiger partial charge in [-0.15, -0.1) is 11.3 Å². The van der Waals surface area contributed by atoms with E-state index in [0.29, 0.717) is 6.04 Å². The molecular weight excluding hydrogens is 312 g/mol. The minimum Gasteiger partial charge on any atom is -0.381 e. The quantitative estimate of drug-likeness (QED) is 0.926. The van der Waals surface area contributed by atoms with Crippen molar-refractivity contribution in [2.75, 3.05) is 19.8 Å². The van der Waals surface area contributed by atoms with Crippen LogP contribution >= 0.6 is 11.3 Å². The summed E-state index contributed by atoms with van der Waals surface area (Å²) in [4.78, 5) is 4.73. The number of nitrogens with zero attached hydrogens (tertiary/aromatic N) is 3. The molecule has 2 saturated heterocycles. The van der Waals surface area contributed by atoms with Gasteiger partial charge in [-0.25, -0.2) is 4.98 Å². The number of hydrogen-bond donors (Lipinski definition) is 1. The second-order valence-corrected chi connectivity index (χ2v) is 7.15. The van der Waals surface area contributed by atoms with Crippen molar-refractivity contribution >= 4 is 11.3 Å². The molecule has 1 unspecified atom stereocenters. The SMILES string of the molecule is Cn1cc(-c2nc(CNC3CCOC34CCOCC4)cs2)cn1. The minimum absolute atomic E-state index is 0.0273. The summed E-state index contributed by atoms with van der Waals surface area (Å²) >= 11 is 1.67. The lowest BCUT2D eigenvalue weighted by atomic mass is 9.86. The van der Waals surface area contributed by atoms with E-state index in [2.05, 4.69) is 15.8 Å². The molecule has 0 aliphatic carbocycles. The first-order valence-electron chi connectivity index (χ1n) is 8.14. The number of aromatic nitrogens is 3. The van der Waals surface area contributed by atoms with Crippen molar-refractivity contribution in [2.45, 2.75) is 37.5 Å². The van der Waals surface area contributed by atoms with Crippen LogP contribution in [0.15, 0.2) is 17.8 Å². The van der Waals surface area contributed by atoms with Gasteiger partial charge in [0, 0.05) is 69.4 Å². The molecule has 2 aliphatic rings. The fourth-order valence-corrected chi connectivity index (χ4v) is 4.32. The molecule has 0 saturated carbocycles. The highest BCUT2D eigenvalue weighted by atomic mass is 32.1. The Morgan fingerprint density at radius 3 is 3.04 bits per heavy atom. The molecule has 1 atom stereocenters. The van der Waals surface area contributed by atoms with Crippen LogP contribution in [0.1, 0.15) is 25.0 Å². The summed E-state index contributed by atoms with van der Waals surface area (Å²) in [5.41, 5.74) is 2.14. The molecule has 7 heteroatoms. The van der Waals surface area contributed by atoms with E-state index in [9.17, 15) is 0 Å². The lowest BCUT2D eigenvalue weighted by molar-refractivity contribution is -0.0886. The van der Waals surface area contributed by atoms with Crippen LogP contribution in [0.2, 0.25) is 0 Å². The van der Waals surface area contributed by atoms with E-state index >= 15 is 0 Å². The number of hydrogen-bond acceptors (Lipinski definition) is 6. The standard InChI is InChI=1S/C16H22N4O2S/c1-20-10-12(8-18-20)15-19-13(11-23-15)9-17-14-2-5-22-16(14)3-6-21-7-4-16/h8,10-11,14,17H,2-7,9H2,1H3. The maximum Gasteiger partial charge on any atom is 0.126 e. The van der Waals surface area contributed by atoms with Crippen molar-refractivity contribution in [2.24, 2.45) is 7.05 Å². The molecule has 4 heterocycles. The van der Waals surface area contributed by atoms with Gasteiger partial charge < -0.3 is 14.8 Å². The zero-order valence-electron chi connectivity index (χ0n) is 13.3. The number of aryl methyl sites for hydroxylation is 1. The Hall–Kier alpha value is -1.28. The molecule has 2 aromatic heterocycles. The van der Waals surface area contributed by atoms with Crippen LogP contribution in [0.4, 0.5) is 0 Å². The third-order valence-electron chi connectivity index (χ3n) is 4.80. The van der Waals surface area contributed by atoms with Crippen molar-refractivity contribution in [1.82, 2.24) is 20.1 Å². The average Bonchev–Trinajstić information content (AvgIpc) is 3.27. The second-order valence-electron chi connectivity index (χ2n) is 6.29. The Labute approximate surface area is 139 Å². The van der Waals surface area contributed by atoms with E-state index in [1.54, 1.807) is 16.0 Å². The maximum absolute atomic E-state index is 6.09. The molecule has 2 aliphatic heterocycles. The van der Waals surface area contributed by atoms with Crippen molar-refractivity contribution in [1.29, 1.82) is 0 Å². The van der Waals surface area contributed by atoms with Crippen LogP contribution in [0.5, 0.6) is 0 Å². The van der Waals surface area contributed by atoms with Gasteiger partial charge in [-0.05, 0) is 6.42 Å². The Morgan fingerprint density at radius 2 is 2.26 bits per heavy atom. The van der Waals surface area contributed by atoms with E-state index in [1.807, 2.05) is 19.4 Å². The van der Waals surface area contributed by atoms with E-state index in [4.69, 9.17) is 14.5 Å². The van der Waals surface area contributed by atoms with Crippen molar-refractivity contribution in [3.63, 3.8) is 0 Å².